The molecule has 5 rings (SSSR count). The zero-order valence-corrected chi connectivity index (χ0v) is 21.4. The van der Waals surface area contributed by atoms with Crippen LogP contribution in [0.2, 0.25) is 0 Å². The summed E-state index contributed by atoms with van der Waals surface area (Å²) in [6.45, 7) is 1.61. The molecule has 1 aromatic heterocycles. The monoisotopic (exact) mass is 533 g/mol. The van der Waals surface area contributed by atoms with Gasteiger partial charge in [0.05, 0.1) is 22.9 Å². The minimum Gasteiger partial charge on any atom is -0.398 e. The third-order valence-corrected chi connectivity index (χ3v) is 8.43. The van der Waals surface area contributed by atoms with Crippen LogP contribution in [0, 0.1) is 5.41 Å². The molecule has 1 aliphatic heterocycles. The third kappa shape index (κ3) is 4.84. The zero-order valence-electron chi connectivity index (χ0n) is 20.6. The fourth-order valence-electron chi connectivity index (χ4n) is 4.83. The molecule has 2 amide bonds. The smallest absolute Gasteiger partial charge is 0.261 e. The number of nitrogens with two attached hydrogens (primary N) is 1. The van der Waals surface area contributed by atoms with E-state index in [4.69, 9.17) is 11.1 Å². The number of H-pyrrole nitrogens is 1. The van der Waals surface area contributed by atoms with E-state index in [1.165, 1.54) is 12.1 Å². The average Bonchev–Trinajstić information content (AvgIpc) is 3.16. The highest BCUT2D eigenvalue weighted by Crippen LogP contribution is 2.40. The second-order valence-corrected chi connectivity index (χ2v) is 11.7. The lowest BCUT2D eigenvalue weighted by molar-refractivity contribution is 0.0945. The molecule has 1 aliphatic carbocycles. The molecule has 1 saturated carbocycles. The maximum atomic E-state index is 13.6. The number of hydrogen-bond donors (Lipinski definition) is 5. The Kier molecular flexibility index (Phi) is 6.39. The number of amides is 2. The summed E-state index contributed by atoms with van der Waals surface area (Å²) in [4.78, 5) is 42.2. The van der Waals surface area contributed by atoms with Gasteiger partial charge in [-0.1, -0.05) is 18.6 Å². The van der Waals surface area contributed by atoms with Crippen molar-refractivity contribution in [2.75, 3.05) is 16.8 Å². The van der Waals surface area contributed by atoms with Crippen molar-refractivity contribution >= 4 is 49.6 Å². The van der Waals surface area contributed by atoms with E-state index in [2.05, 4.69) is 15.6 Å². The van der Waals surface area contributed by atoms with Crippen molar-refractivity contribution in [2.45, 2.75) is 38.1 Å². The number of rotatable bonds is 6. The number of hydrogen-bond acceptors (Lipinski definition) is 7. The van der Waals surface area contributed by atoms with Gasteiger partial charge in [0.2, 0.25) is 0 Å². The lowest BCUT2D eigenvalue weighted by Gasteiger charge is -2.28. The molecule has 1 atom stereocenters. The number of carbonyl (C=O) groups is 2. The van der Waals surface area contributed by atoms with Gasteiger partial charge in [0.1, 0.15) is 5.56 Å². The first-order valence-corrected chi connectivity index (χ1v) is 13.9. The van der Waals surface area contributed by atoms with Crippen molar-refractivity contribution in [3.63, 3.8) is 0 Å². The first-order valence-electron chi connectivity index (χ1n) is 12.2. The van der Waals surface area contributed by atoms with Gasteiger partial charge in [-0.2, -0.15) is 0 Å². The highest BCUT2D eigenvalue weighted by Gasteiger charge is 2.28. The molecule has 0 unspecified atom stereocenters. The van der Waals surface area contributed by atoms with Gasteiger partial charge < -0.3 is 26.8 Å². The topological polar surface area (TPSA) is 175 Å². The van der Waals surface area contributed by atoms with E-state index in [1.807, 2.05) is 6.07 Å². The fraction of sp³-hybridized carbons (Fsp3) is 0.259. The Balaban J connectivity index is 1.53. The molecule has 3 aromatic rings. The van der Waals surface area contributed by atoms with E-state index in [1.54, 1.807) is 31.2 Å². The number of fused-ring (bicyclic) bond motifs is 1. The standard InChI is InChI=1S/C27H27N5O5S/c1-14(28)20-12-17(6-8-22(20)29)30-27(35)23-19(15-3-2-4-15)7-5-16-11-21(26(34)32-24(16)23)25(33)31-18-9-10-38(36,37)13-18/h5-12,15,18,28H,2-4,13,29H2,1H3,(H,30,35)(H,31,33)(H,32,34)/t18-/m1/s1. The number of nitrogens with one attached hydrogen (secondary N) is 4. The number of benzene rings is 2. The molecule has 196 valence electrons. The van der Waals surface area contributed by atoms with Gasteiger partial charge >= 0.3 is 0 Å². The van der Waals surface area contributed by atoms with Gasteiger partial charge in [-0.05, 0) is 67.0 Å². The van der Waals surface area contributed by atoms with Crippen molar-refractivity contribution in [3.8, 4) is 0 Å². The van der Waals surface area contributed by atoms with Crippen molar-refractivity contribution in [3.05, 3.63) is 80.5 Å². The molecule has 0 spiro atoms. The molecule has 11 heteroatoms. The lowest BCUT2D eigenvalue weighted by Crippen LogP contribution is -2.38. The van der Waals surface area contributed by atoms with Crippen LogP contribution in [0.15, 0.2) is 52.7 Å². The molecule has 0 radical (unpaired) electrons. The highest BCUT2D eigenvalue weighted by atomic mass is 32.2. The first kappa shape index (κ1) is 25.4. The summed E-state index contributed by atoms with van der Waals surface area (Å²) in [5, 5.41) is 14.9. The Morgan fingerprint density at radius 2 is 1.84 bits per heavy atom. The molecular formula is C27H27N5O5S. The largest absolute Gasteiger partial charge is 0.398 e. The zero-order chi connectivity index (χ0) is 27.2. The van der Waals surface area contributed by atoms with Crippen LogP contribution in [0.1, 0.15) is 63.9 Å². The quantitative estimate of drug-likeness (QED) is 0.240. The maximum Gasteiger partial charge on any atom is 0.261 e. The van der Waals surface area contributed by atoms with Crippen LogP contribution in [0.5, 0.6) is 0 Å². The summed E-state index contributed by atoms with van der Waals surface area (Å²) in [6, 6.07) is 9.21. The summed E-state index contributed by atoms with van der Waals surface area (Å²) >= 11 is 0. The van der Waals surface area contributed by atoms with Gasteiger partial charge in [-0.3, -0.25) is 14.4 Å². The van der Waals surface area contributed by atoms with Gasteiger partial charge in [0, 0.05) is 28.1 Å². The van der Waals surface area contributed by atoms with Gasteiger partial charge in [0.15, 0.2) is 9.84 Å². The molecule has 2 aromatic carbocycles. The van der Waals surface area contributed by atoms with E-state index < -0.39 is 33.3 Å². The maximum absolute atomic E-state index is 13.6. The molecule has 6 N–H and O–H groups in total. The molecule has 0 bridgehead atoms. The van der Waals surface area contributed by atoms with E-state index in [9.17, 15) is 22.8 Å². The van der Waals surface area contributed by atoms with E-state index >= 15 is 0 Å². The predicted octanol–water partition coefficient (Wildman–Crippen LogP) is 3.06. The summed E-state index contributed by atoms with van der Waals surface area (Å²) in [5.74, 6) is -1.21. The fourth-order valence-corrected chi connectivity index (χ4v) is 6.06. The van der Waals surface area contributed by atoms with Crippen molar-refractivity contribution in [2.24, 2.45) is 0 Å². The Morgan fingerprint density at radius 3 is 2.47 bits per heavy atom. The minimum absolute atomic E-state index is 0.175. The Hall–Kier alpha value is -4.25. The van der Waals surface area contributed by atoms with Crippen LogP contribution in [-0.4, -0.2) is 42.7 Å². The first-order chi connectivity index (χ1) is 18.0. The van der Waals surface area contributed by atoms with Crippen LogP contribution in [0.25, 0.3) is 10.9 Å². The van der Waals surface area contributed by atoms with Crippen molar-refractivity contribution < 1.29 is 18.0 Å². The summed E-state index contributed by atoms with van der Waals surface area (Å²) in [6.07, 6.45) is 4.27. The minimum atomic E-state index is -3.37. The average molecular weight is 534 g/mol. The van der Waals surface area contributed by atoms with E-state index in [-0.39, 0.29) is 22.9 Å². The summed E-state index contributed by atoms with van der Waals surface area (Å²) in [7, 11) is -3.37. The number of aromatic amines is 1. The van der Waals surface area contributed by atoms with E-state index in [0.717, 1.165) is 30.2 Å². The molecule has 1 fully saturated rings. The van der Waals surface area contributed by atoms with Crippen molar-refractivity contribution in [1.82, 2.24) is 10.3 Å². The second kappa shape index (κ2) is 9.56. The van der Waals surface area contributed by atoms with Crippen molar-refractivity contribution in [1.29, 1.82) is 5.41 Å². The number of aromatic nitrogens is 1. The molecule has 0 saturated heterocycles. The van der Waals surface area contributed by atoms with Gasteiger partial charge in [0.25, 0.3) is 17.4 Å². The number of carbonyl (C=O) groups excluding carboxylic acids is 2. The Bertz CT molecular complexity index is 1700. The number of nitrogen functional groups attached to an aromatic ring is 1. The molecule has 38 heavy (non-hydrogen) atoms. The van der Waals surface area contributed by atoms with Gasteiger partial charge in [-0.25, -0.2) is 8.42 Å². The van der Waals surface area contributed by atoms with Crippen LogP contribution in [0.3, 0.4) is 0 Å². The molecule has 2 heterocycles. The predicted molar refractivity (Wildman–Crippen MR) is 147 cm³/mol. The third-order valence-electron chi connectivity index (χ3n) is 7.03. The SMILES string of the molecule is CC(=N)c1cc(NC(=O)c2c(C3CCC3)ccc3cc(C(=O)N[C@@H]4C=CS(=O)(=O)C4)c(=O)[nH]c23)ccc1N. The van der Waals surface area contributed by atoms with Crippen LogP contribution in [0.4, 0.5) is 11.4 Å². The van der Waals surface area contributed by atoms with Gasteiger partial charge in [-0.15, -0.1) is 0 Å². The molecule has 2 aliphatic rings. The molecular weight excluding hydrogens is 506 g/mol. The summed E-state index contributed by atoms with van der Waals surface area (Å²) < 4.78 is 23.3. The van der Waals surface area contributed by atoms with Crippen LogP contribution in [-0.2, 0) is 9.84 Å². The Labute approximate surface area is 218 Å². The number of pyridine rings is 1. The normalized spacial score (nSPS) is 18.2. The second-order valence-electron chi connectivity index (χ2n) is 9.75. The lowest BCUT2D eigenvalue weighted by atomic mass is 9.77. The summed E-state index contributed by atoms with van der Waals surface area (Å²) in [5.41, 5.74) is 8.20. The highest BCUT2D eigenvalue weighted by molar-refractivity contribution is 7.94. The van der Waals surface area contributed by atoms with Crippen LogP contribution >= 0.6 is 0 Å². The van der Waals surface area contributed by atoms with Crippen LogP contribution < -0.4 is 21.9 Å². The number of sulfone groups is 1. The van der Waals surface area contributed by atoms with E-state index in [0.29, 0.717) is 33.4 Å². The Morgan fingerprint density at radius 1 is 1.08 bits per heavy atom. The number of anilines is 2. The molecule has 10 nitrogen and oxygen atoms in total.